The Morgan fingerprint density at radius 2 is 0.983 bits per heavy atom. The second kappa shape index (κ2) is 40.2. The number of hydrogen-bond donors (Lipinski definition) is 4. The van der Waals surface area contributed by atoms with Gasteiger partial charge in [0.05, 0.1) is 13.2 Å². The fourth-order valence-electron chi connectivity index (χ4n) is 6.68. The summed E-state index contributed by atoms with van der Waals surface area (Å²) >= 11 is 0. The lowest BCUT2D eigenvalue weighted by Crippen LogP contribution is -2.59. The molecule has 1 saturated heterocycles. The third-order valence-corrected chi connectivity index (χ3v) is 10.4. The highest BCUT2D eigenvalue weighted by Gasteiger charge is 2.44. The monoisotopic (exact) mass is 845 g/mol. The van der Waals surface area contributed by atoms with Gasteiger partial charge in [-0.15, -0.1) is 0 Å². The molecule has 6 atom stereocenters. The largest absolute Gasteiger partial charge is 0.462 e. The fraction of sp³-hybridized carbons (Fsp3) is 0.720. The van der Waals surface area contributed by atoms with E-state index in [-0.39, 0.29) is 26.1 Å². The summed E-state index contributed by atoms with van der Waals surface area (Å²) in [6, 6.07) is 0. The van der Waals surface area contributed by atoms with Gasteiger partial charge in [0, 0.05) is 12.8 Å². The van der Waals surface area contributed by atoms with Crippen LogP contribution in [0.3, 0.4) is 0 Å². The Morgan fingerprint density at radius 3 is 1.45 bits per heavy atom. The van der Waals surface area contributed by atoms with Gasteiger partial charge in [0.15, 0.2) is 12.4 Å². The average molecular weight is 845 g/mol. The molecule has 10 nitrogen and oxygen atoms in total. The van der Waals surface area contributed by atoms with Crippen molar-refractivity contribution in [1.82, 2.24) is 0 Å². The Balaban J connectivity index is 2.37. The molecule has 0 bridgehead atoms. The van der Waals surface area contributed by atoms with Crippen LogP contribution >= 0.6 is 0 Å². The van der Waals surface area contributed by atoms with Crippen LogP contribution in [-0.4, -0.2) is 89.0 Å². The first-order chi connectivity index (χ1) is 29.3. The van der Waals surface area contributed by atoms with Gasteiger partial charge in [-0.1, -0.05) is 183 Å². The number of rotatable bonds is 38. The van der Waals surface area contributed by atoms with Crippen molar-refractivity contribution in [2.45, 2.75) is 211 Å². The third-order valence-electron chi connectivity index (χ3n) is 10.4. The van der Waals surface area contributed by atoms with Crippen molar-refractivity contribution in [2.24, 2.45) is 0 Å². The van der Waals surface area contributed by atoms with Gasteiger partial charge < -0.3 is 39.4 Å². The molecule has 0 spiro atoms. The summed E-state index contributed by atoms with van der Waals surface area (Å²) in [7, 11) is 0. The summed E-state index contributed by atoms with van der Waals surface area (Å²) in [5.74, 6) is -0.905. The van der Waals surface area contributed by atoms with Crippen LogP contribution in [0.15, 0.2) is 72.9 Å². The number of unbranched alkanes of at least 4 members (excludes halogenated alkanes) is 15. The van der Waals surface area contributed by atoms with Crippen molar-refractivity contribution in [3.8, 4) is 0 Å². The van der Waals surface area contributed by atoms with Crippen LogP contribution in [0.25, 0.3) is 0 Å². The highest BCUT2D eigenvalue weighted by molar-refractivity contribution is 5.70. The minimum absolute atomic E-state index is 0.103. The quantitative estimate of drug-likeness (QED) is 0.0268. The maximum atomic E-state index is 12.8. The highest BCUT2D eigenvalue weighted by Crippen LogP contribution is 2.22. The number of esters is 2. The Kier molecular flexibility index (Phi) is 37.0. The van der Waals surface area contributed by atoms with Crippen LogP contribution in [0.4, 0.5) is 0 Å². The van der Waals surface area contributed by atoms with Gasteiger partial charge in [0.1, 0.15) is 31.0 Å². The van der Waals surface area contributed by atoms with Crippen molar-refractivity contribution in [2.75, 3.05) is 19.8 Å². The summed E-state index contributed by atoms with van der Waals surface area (Å²) in [5, 5.41) is 40.1. The zero-order valence-corrected chi connectivity index (χ0v) is 37.4. The molecule has 0 aromatic carbocycles. The molecule has 344 valence electrons. The molecule has 1 rings (SSSR count). The first-order valence-electron chi connectivity index (χ1n) is 23.5. The van der Waals surface area contributed by atoms with Gasteiger partial charge in [-0.3, -0.25) is 9.59 Å². The smallest absolute Gasteiger partial charge is 0.306 e. The van der Waals surface area contributed by atoms with Crippen LogP contribution in [0.2, 0.25) is 0 Å². The lowest BCUT2D eigenvalue weighted by atomic mass is 9.99. The molecule has 0 radical (unpaired) electrons. The minimum atomic E-state index is -1.61. The van der Waals surface area contributed by atoms with Crippen molar-refractivity contribution in [3.63, 3.8) is 0 Å². The molecule has 1 heterocycles. The summed E-state index contributed by atoms with van der Waals surface area (Å²) in [4.78, 5) is 25.3. The molecule has 60 heavy (non-hydrogen) atoms. The minimum Gasteiger partial charge on any atom is -0.462 e. The molecule has 10 heteroatoms. The molecule has 1 aliphatic heterocycles. The molecule has 1 aliphatic rings. The van der Waals surface area contributed by atoms with Crippen LogP contribution in [0.1, 0.15) is 174 Å². The summed E-state index contributed by atoms with van der Waals surface area (Å²) in [5.41, 5.74) is 0. The standard InChI is InChI=1S/C50H84O10/c1-3-5-7-9-11-13-15-17-19-21-22-23-25-27-29-31-33-35-37-39-46(53)59-43(42-58-50-49(56)48(55)47(54)44(40-51)60-50)41-57-45(52)38-36-34-32-30-28-26-24-20-18-16-14-12-10-8-6-4-2/h5,7,11,13,17,19,22-23,27,29,33,35,43-44,47-51,54-56H,3-4,6,8-10,12,14-16,18,20-21,24-26,28,30-32,34,36-42H2,1-2H3/b7-5+,13-11+,19-17+,23-22+,29-27+,35-33+/t43-,44-,47+,48?,49?,50-/m1/s1. The Bertz CT molecular complexity index is 1210. The van der Waals surface area contributed by atoms with E-state index >= 15 is 0 Å². The van der Waals surface area contributed by atoms with E-state index in [2.05, 4.69) is 74.6 Å². The van der Waals surface area contributed by atoms with Crippen LogP contribution in [0.5, 0.6) is 0 Å². The summed E-state index contributed by atoms with van der Waals surface area (Å²) < 4.78 is 22.1. The van der Waals surface area contributed by atoms with E-state index in [1.807, 2.05) is 12.2 Å². The number of ether oxygens (including phenoxy) is 4. The number of carbonyl (C=O) groups excluding carboxylic acids is 2. The van der Waals surface area contributed by atoms with Gasteiger partial charge >= 0.3 is 11.9 Å². The second-order valence-corrected chi connectivity index (χ2v) is 15.8. The Labute approximate surface area is 363 Å². The maximum Gasteiger partial charge on any atom is 0.306 e. The van der Waals surface area contributed by atoms with E-state index in [1.54, 1.807) is 0 Å². The van der Waals surface area contributed by atoms with Gasteiger partial charge in [-0.25, -0.2) is 0 Å². The number of allylic oxidation sites excluding steroid dienone is 12. The van der Waals surface area contributed by atoms with Crippen LogP contribution in [0, 0.1) is 0 Å². The molecular weight excluding hydrogens is 761 g/mol. The highest BCUT2D eigenvalue weighted by atomic mass is 16.7. The first-order valence-corrected chi connectivity index (χ1v) is 23.5. The van der Waals surface area contributed by atoms with E-state index in [1.165, 1.54) is 83.5 Å². The topological polar surface area (TPSA) is 152 Å². The first kappa shape index (κ1) is 55.2. The number of hydrogen-bond acceptors (Lipinski definition) is 10. The number of aliphatic hydroxyl groups excluding tert-OH is 4. The molecule has 2 unspecified atom stereocenters. The lowest BCUT2D eigenvalue weighted by molar-refractivity contribution is -0.305. The molecule has 1 fully saturated rings. The normalized spacial score (nSPS) is 20.5. The van der Waals surface area contributed by atoms with Gasteiger partial charge in [-0.2, -0.15) is 0 Å². The maximum absolute atomic E-state index is 12.8. The average Bonchev–Trinajstić information content (AvgIpc) is 3.25. The van der Waals surface area contributed by atoms with E-state index in [9.17, 15) is 30.0 Å². The van der Waals surface area contributed by atoms with Crippen molar-refractivity contribution in [3.05, 3.63) is 72.9 Å². The predicted octanol–water partition coefficient (Wildman–Crippen LogP) is 10.4. The van der Waals surface area contributed by atoms with Gasteiger partial charge in [0.25, 0.3) is 0 Å². The van der Waals surface area contributed by atoms with E-state index in [4.69, 9.17) is 18.9 Å². The Hall–Kier alpha value is -2.86. The molecule has 0 saturated carbocycles. The van der Waals surface area contributed by atoms with Gasteiger partial charge in [0.2, 0.25) is 0 Å². The van der Waals surface area contributed by atoms with E-state index < -0.39 is 55.4 Å². The van der Waals surface area contributed by atoms with Crippen molar-refractivity contribution < 1.29 is 49.0 Å². The summed E-state index contributed by atoms with van der Waals surface area (Å²) in [6.07, 6.45) is 43.5. The fourth-order valence-corrected chi connectivity index (χ4v) is 6.68. The van der Waals surface area contributed by atoms with E-state index in [0.29, 0.717) is 6.42 Å². The molecule has 0 aliphatic carbocycles. The van der Waals surface area contributed by atoms with Gasteiger partial charge in [-0.05, 0) is 51.4 Å². The second-order valence-electron chi connectivity index (χ2n) is 15.8. The zero-order valence-electron chi connectivity index (χ0n) is 37.4. The predicted molar refractivity (Wildman–Crippen MR) is 242 cm³/mol. The van der Waals surface area contributed by atoms with Crippen LogP contribution in [-0.2, 0) is 28.5 Å². The van der Waals surface area contributed by atoms with Crippen molar-refractivity contribution >= 4 is 11.9 Å². The summed E-state index contributed by atoms with van der Waals surface area (Å²) in [6.45, 7) is 3.24. The molecule has 0 aromatic rings. The molecule has 0 amide bonds. The third kappa shape index (κ3) is 31.1. The van der Waals surface area contributed by atoms with Crippen LogP contribution < -0.4 is 0 Å². The SMILES string of the molecule is CC/C=C/C/C=C/C/C=C/C/C=C/C/C=C/C/C=C/CCC(=O)O[C@H](COC(=O)CCCCCCCCCCCCCCCCCC)CO[C@@H]1O[C@H](CO)[C@H](O)C(O)C1O. The lowest BCUT2D eigenvalue weighted by Gasteiger charge is -2.39. The molecular formula is C50H84O10. The zero-order chi connectivity index (χ0) is 43.7. The molecule has 4 N–H and O–H groups in total. The van der Waals surface area contributed by atoms with E-state index in [0.717, 1.165) is 57.8 Å². The Morgan fingerprint density at radius 1 is 0.533 bits per heavy atom. The van der Waals surface area contributed by atoms with Crippen molar-refractivity contribution in [1.29, 1.82) is 0 Å². The number of carbonyl (C=O) groups is 2. The number of aliphatic hydroxyl groups is 4. The molecule has 0 aromatic heterocycles.